The smallest absolute Gasteiger partial charge is 0.205 e. The maximum atomic E-state index is 9.46. The summed E-state index contributed by atoms with van der Waals surface area (Å²) in [5, 5.41) is 14.0. The number of piperazine rings is 1. The number of aromatic hydroxyl groups is 1. The maximum absolute atomic E-state index is 9.46. The molecule has 7 heteroatoms. The van der Waals surface area contributed by atoms with E-state index in [0.29, 0.717) is 11.7 Å². The summed E-state index contributed by atoms with van der Waals surface area (Å²) in [5.41, 5.74) is 1.19. The maximum Gasteiger partial charge on any atom is 0.205 e. The second-order valence-corrected chi connectivity index (χ2v) is 7.10. The van der Waals surface area contributed by atoms with Gasteiger partial charge >= 0.3 is 0 Å². The van der Waals surface area contributed by atoms with E-state index in [4.69, 9.17) is 9.72 Å². The number of hydrogen-bond acceptors (Lipinski definition) is 7. The highest BCUT2D eigenvalue weighted by Crippen LogP contribution is 2.30. The Morgan fingerprint density at radius 3 is 2.79 bits per heavy atom. The van der Waals surface area contributed by atoms with E-state index in [1.807, 2.05) is 12.1 Å². The van der Waals surface area contributed by atoms with Gasteiger partial charge in [-0.3, -0.25) is 0 Å². The summed E-state index contributed by atoms with van der Waals surface area (Å²) >= 11 is 1.51. The largest absolute Gasteiger partial charge is 0.508 e. The van der Waals surface area contributed by atoms with Crippen molar-refractivity contribution in [1.82, 2.24) is 14.7 Å². The Morgan fingerprint density at radius 2 is 2.00 bits per heavy atom. The van der Waals surface area contributed by atoms with E-state index >= 15 is 0 Å². The van der Waals surface area contributed by atoms with Crippen molar-refractivity contribution in [3.63, 3.8) is 0 Å². The zero-order valence-corrected chi connectivity index (χ0v) is 14.3. The summed E-state index contributed by atoms with van der Waals surface area (Å²) < 4.78 is 10.0. The minimum Gasteiger partial charge on any atom is -0.508 e. The Balaban J connectivity index is 1.46. The Hall–Kier alpha value is -1.70. The monoisotopic (exact) mass is 346 g/mol. The van der Waals surface area contributed by atoms with Crippen molar-refractivity contribution in [2.24, 2.45) is 0 Å². The molecule has 2 N–H and O–H groups in total. The van der Waals surface area contributed by atoms with Gasteiger partial charge in [-0.05, 0) is 30.5 Å². The molecule has 0 radical (unpaired) electrons. The summed E-state index contributed by atoms with van der Waals surface area (Å²) in [7, 11) is 0. The molecule has 1 unspecified atom stereocenters. The van der Waals surface area contributed by atoms with E-state index in [9.17, 15) is 5.11 Å². The number of benzene rings is 1. The fourth-order valence-electron chi connectivity index (χ4n) is 3.33. The third-order valence-corrected chi connectivity index (χ3v) is 5.55. The van der Waals surface area contributed by atoms with Crippen LogP contribution in [0, 0.1) is 0 Å². The lowest BCUT2D eigenvalue weighted by Crippen LogP contribution is -2.45. The molecule has 2 aliphatic rings. The SMILES string of the molecule is Oc1ccc(C2CN(c3nc(C4CCOCC4)ns3)CCN2)cc1. The van der Waals surface area contributed by atoms with Gasteiger partial charge in [0.25, 0.3) is 0 Å². The van der Waals surface area contributed by atoms with Crippen molar-refractivity contribution < 1.29 is 9.84 Å². The topological polar surface area (TPSA) is 70.5 Å². The molecule has 0 bridgehead atoms. The summed E-state index contributed by atoms with van der Waals surface area (Å²) in [6.07, 6.45) is 2.04. The van der Waals surface area contributed by atoms with Gasteiger partial charge < -0.3 is 20.1 Å². The summed E-state index contributed by atoms with van der Waals surface area (Å²) in [6, 6.07) is 7.68. The van der Waals surface area contributed by atoms with E-state index in [1.165, 1.54) is 17.1 Å². The molecule has 3 heterocycles. The third kappa shape index (κ3) is 3.38. The van der Waals surface area contributed by atoms with Gasteiger partial charge in [0.1, 0.15) is 11.6 Å². The lowest BCUT2D eigenvalue weighted by atomic mass is 10.00. The lowest BCUT2D eigenvalue weighted by molar-refractivity contribution is 0.0838. The van der Waals surface area contributed by atoms with Crippen LogP contribution in [-0.2, 0) is 4.74 Å². The highest BCUT2D eigenvalue weighted by Gasteiger charge is 2.25. The molecule has 2 aliphatic heterocycles. The standard InChI is InChI=1S/C17H22N4O2S/c22-14-3-1-12(2-4-14)15-11-21(8-7-18-15)17-19-16(20-24-17)13-5-9-23-10-6-13/h1-4,13,15,18,22H,5-11H2. The average molecular weight is 346 g/mol. The Morgan fingerprint density at radius 1 is 1.21 bits per heavy atom. The van der Waals surface area contributed by atoms with E-state index in [2.05, 4.69) is 14.6 Å². The quantitative estimate of drug-likeness (QED) is 0.889. The van der Waals surface area contributed by atoms with Crippen LogP contribution in [0.25, 0.3) is 0 Å². The highest BCUT2D eigenvalue weighted by atomic mass is 32.1. The number of hydrogen-bond donors (Lipinski definition) is 2. The molecule has 1 atom stereocenters. The molecular weight excluding hydrogens is 324 g/mol. The Bertz CT molecular complexity index is 669. The van der Waals surface area contributed by atoms with Gasteiger partial charge in [0, 0.05) is 56.3 Å². The second-order valence-electron chi connectivity index (χ2n) is 6.37. The van der Waals surface area contributed by atoms with Crippen molar-refractivity contribution in [2.45, 2.75) is 24.8 Å². The molecule has 2 saturated heterocycles. The lowest BCUT2D eigenvalue weighted by Gasteiger charge is -2.33. The Kier molecular flexibility index (Phi) is 4.64. The fourth-order valence-corrected chi connectivity index (χ4v) is 4.11. The molecule has 1 aromatic heterocycles. The third-order valence-electron chi connectivity index (χ3n) is 4.76. The predicted molar refractivity (Wildman–Crippen MR) is 93.8 cm³/mol. The average Bonchev–Trinajstić information content (AvgIpc) is 3.13. The second kappa shape index (κ2) is 7.04. The van der Waals surface area contributed by atoms with Crippen molar-refractivity contribution in [3.05, 3.63) is 35.7 Å². The van der Waals surface area contributed by atoms with Crippen LogP contribution in [0.1, 0.15) is 36.2 Å². The fraction of sp³-hybridized carbons (Fsp3) is 0.529. The summed E-state index contributed by atoms with van der Waals surface area (Å²) in [6.45, 7) is 4.35. The van der Waals surface area contributed by atoms with Gasteiger partial charge in [-0.15, -0.1) is 0 Å². The predicted octanol–water partition coefficient (Wildman–Crippen LogP) is 2.29. The molecule has 2 aromatic rings. The number of phenolic OH excluding ortho intramolecular Hbond substituents is 1. The van der Waals surface area contributed by atoms with Crippen LogP contribution in [-0.4, -0.2) is 47.3 Å². The molecular formula is C17H22N4O2S. The van der Waals surface area contributed by atoms with Crippen LogP contribution in [0.2, 0.25) is 0 Å². The first-order valence-corrected chi connectivity index (χ1v) is 9.25. The van der Waals surface area contributed by atoms with E-state index in [1.54, 1.807) is 12.1 Å². The van der Waals surface area contributed by atoms with E-state index < -0.39 is 0 Å². The minimum atomic E-state index is 0.245. The van der Waals surface area contributed by atoms with Gasteiger partial charge in [0.05, 0.1) is 0 Å². The number of nitrogens with zero attached hydrogens (tertiary/aromatic N) is 3. The first kappa shape index (κ1) is 15.8. The van der Waals surface area contributed by atoms with Gasteiger partial charge in [0.2, 0.25) is 5.13 Å². The van der Waals surface area contributed by atoms with Crippen molar-refractivity contribution in [1.29, 1.82) is 0 Å². The molecule has 128 valence electrons. The first-order valence-electron chi connectivity index (χ1n) is 8.48. The number of nitrogens with one attached hydrogen (secondary N) is 1. The van der Waals surface area contributed by atoms with Crippen molar-refractivity contribution >= 4 is 16.7 Å². The van der Waals surface area contributed by atoms with Crippen LogP contribution < -0.4 is 10.2 Å². The number of anilines is 1. The zero-order valence-electron chi connectivity index (χ0n) is 13.5. The molecule has 0 aliphatic carbocycles. The van der Waals surface area contributed by atoms with Gasteiger partial charge in [-0.25, -0.2) is 4.98 Å². The molecule has 0 spiro atoms. The normalized spacial score (nSPS) is 22.7. The van der Waals surface area contributed by atoms with Crippen LogP contribution in [0.4, 0.5) is 5.13 Å². The van der Waals surface area contributed by atoms with Gasteiger partial charge in [0.15, 0.2) is 0 Å². The van der Waals surface area contributed by atoms with Gasteiger partial charge in [-0.2, -0.15) is 4.37 Å². The number of ether oxygens (including phenoxy) is 1. The van der Waals surface area contributed by atoms with Crippen LogP contribution in [0.15, 0.2) is 24.3 Å². The number of rotatable bonds is 3. The van der Waals surface area contributed by atoms with E-state index in [0.717, 1.165) is 56.6 Å². The first-order chi connectivity index (χ1) is 11.8. The molecule has 4 rings (SSSR count). The molecule has 2 fully saturated rings. The van der Waals surface area contributed by atoms with Crippen LogP contribution >= 0.6 is 11.5 Å². The highest BCUT2D eigenvalue weighted by molar-refractivity contribution is 7.09. The summed E-state index contributed by atoms with van der Waals surface area (Å²) in [4.78, 5) is 7.12. The molecule has 6 nitrogen and oxygen atoms in total. The van der Waals surface area contributed by atoms with E-state index in [-0.39, 0.29) is 6.04 Å². The molecule has 0 amide bonds. The van der Waals surface area contributed by atoms with Crippen molar-refractivity contribution in [2.75, 3.05) is 37.7 Å². The number of aromatic nitrogens is 2. The van der Waals surface area contributed by atoms with Crippen LogP contribution in [0.5, 0.6) is 5.75 Å². The number of phenols is 1. The molecule has 24 heavy (non-hydrogen) atoms. The van der Waals surface area contributed by atoms with Crippen LogP contribution in [0.3, 0.4) is 0 Å². The van der Waals surface area contributed by atoms with Gasteiger partial charge in [-0.1, -0.05) is 12.1 Å². The summed E-state index contributed by atoms with van der Waals surface area (Å²) in [5.74, 6) is 1.73. The molecule has 1 aromatic carbocycles. The minimum absolute atomic E-state index is 0.245. The molecule has 0 saturated carbocycles. The Labute approximate surface area is 145 Å². The zero-order chi connectivity index (χ0) is 16.4. The van der Waals surface area contributed by atoms with Crippen molar-refractivity contribution in [3.8, 4) is 5.75 Å².